The van der Waals surface area contributed by atoms with E-state index in [2.05, 4.69) is 16.3 Å². The number of hydrogen-bond donors (Lipinski definition) is 1. The second-order valence-electron chi connectivity index (χ2n) is 7.21. The maximum Gasteiger partial charge on any atom is 0.251 e. The van der Waals surface area contributed by atoms with Crippen molar-refractivity contribution in [2.45, 2.75) is 6.04 Å². The number of fused-ring (bicyclic) bond motifs is 1. The van der Waals surface area contributed by atoms with Crippen LogP contribution in [-0.4, -0.2) is 50.8 Å². The van der Waals surface area contributed by atoms with E-state index in [4.69, 9.17) is 9.47 Å². The number of carbonyl (C=O) groups excluding carboxylic acids is 1. The molecule has 5 heteroatoms. The fourth-order valence-electron chi connectivity index (χ4n) is 3.82. The van der Waals surface area contributed by atoms with Crippen molar-refractivity contribution in [2.75, 3.05) is 40.0 Å². The molecule has 1 amide bonds. The first-order valence-electron chi connectivity index (χ1n) is 9.97. The number of hydrogen-bond acceptors (Lipinski definition) is 4. The van der Waals surface area contributed by atoms with Gasteiger partial charge in [0.25, 0.3) is 5.91 Å². The molecule has 1 aliphatic heterocycles. The van der Waals surface area contributed by atoms with E-state index in [1.165, 1.54) is 0 Å². The zero-order valence-electron chi connectivity index (χ0n) is 16.6. The molecule has 0 unspecified atom stereocenters. The van der Waals surface area contributed by atoms with E-state index in [0.29, 0.717) is 25.3 Å². The first-order valence-corrected chi connectivity index (χ1v) is 9.97. The van der Waals surface area contributed by atoms with Gasteiger partial charge in [-0.15, -0.1) is 0 Å². The summed E-state index contributed by atoms with van der Waals surface area (Å²) in [7, 11) is 1.67. The molecule has 0 aromatic heterocycles. The molecule has 0 radical (unpaired) electrons. The second-order valence-corrected chi connectivity index (χ2v) is 7.21. The quantitative estimate of drug-likeness (QED) is 0.698. The van der Waals surface area contributed by atoms with Crippen LogP contribution in [0.3, 0.4) is 0 Å². The molecule has 5 nitrogen and oxygen atoms in total. The first kappa shape index (κ1) is 19.4. The molecule has 1 aliphatic rings. The highest BCUT2D eigenvalue weighted by Crippen LogP contribution is 2.25. The first-order chi connectivity index (χ1) is 14.2. The number of carbonyl (C=O) groups is 1. The molecule has 0 spiro atoms. The van der Waals surface area contributed by atoms with E-state index in [-0.39, 0.29) is 11.9 Å². The molecular weight excluding hydrogens is 364 g/mol. The predicted molar refractivity (Wildman–Crippen MR) is 114 cm³/mol. The Labute approximate surface area is 171 Å². The van der Waals surface area contributed by atoms with Crippen molar-refractivity contribution >= 4 is 16.7 Å². The number of nitrogens with one attached hydrogen (secondary N) is 1. The Balaban J connectivity index is 1.52. The van der Waals surface area contributed by atoms with E-state index in [1.807, 2.05) is 60.7 Å². The molecule has 1 fully saturated rings. The lowest BCUT2D eigenvalue weighted by atomic mass is 10.0. The standard InChI is InChI=1S/C24H26N2O3/c1-28-22-8-4-7-20(16-22)23(26-11-13-29-14-12-26)17-25-24(27)21-10-9-18-5-2-3-6-19(18)15-21/h2-10,15-16,23H,11-14,17H2,1H3,(H,25,27)/t23-/m1/s1. The van der Waals surface area contributed by atoms with Gasteiger partial charge in [0, 0.05) is 25.2 Å². The smallest absolute Gasteiger partial charge is 0.251 e. The highest BCUT2D eigenvalue weighted by Gasteiger charge is 2.24. The van der Waals surface area contributed by atoms with Crippen molar-refractivity contribution in [1.82, 2.24) is 10.2 Å². The topological polar surface area (TPSA) is 50.8 Å². The van der Waals surface area contributed by atoms with Crippen LogP contribution >= 0.6 is 0 Å². The molecule has 1 N–H and O–H groups in total. The normalized spacial score (nSPS) is 15.8. The number of amides is 1. The number of morpholine rings is 1. The summed E-state index contributed by atoms with van der Waals surface area (Å²) in [6.45, 7) is 3.62. The van der Waals surface area contributed by atoms with E-state index < -0.39 is 0 Å². The van der Waals surface area contributed by atoms with Crippen molar-refractivity contribution in [1.29, 1.82) is 0 Å². The summed E-state index contributed by atoms with van der Waals surface area (Å²) in [5.74, 6) is 0.763. The summed E-state index contributed by atoms with van der Waals surface area (Å²) in [5, 5.41) is 5.33. The van der Waals surface area contributed by atoms with Gasteiger partial charge in [0.05, 0.1) is 26.4 Å². The molecule has 4 rings (SSSR count). The highest BCUT2D eigenvalue weighted by molar-refractivity contribution is 5.98. The molecule has 1 saturated heterocycles. The third-order valence-corrected chi connectivity index (χ3v) is 5.43. The van der Waals surface area contributed by atoms with Gasteiger partial charge in [-0.05, 0) is 40.6 Å². The third-order valence-electron chi connectivity index (χ3n) is 5.43. The van der Waals surface area contributed by atoms with Crippen molar-refractivity contribution < 1.29 is 14.3 Å². The fraction of sp³-hybridized carbons (Fsp3) is 0.292. The zero-order chi connectivity index (χ0) is 20.1. The molecule has 0 saturated carbocycles. The average Bonchev–Trinajstić information content (AvgIpc) is 2.79. The summed E-state index contributed by atoms with van der Waals surface area (Å²) >= 11 is 0. The van der Waals surface area contributed by atoms with Crippen molar-refractivity contribution in [3.05, 3.63) is 77.9 Å². The van der Waals surface area contributed by atoms with E-state index in [1.54, 1.807) is 7.11 Å². The minimum Gasteiger partial charge on any atom is -0.497 e. The highest BCUT2D eigenvalue weighted by atomic mass is 16.5. The SMILES string of the molecule is COc1cccc([C@@H](CNC(=O)c2ccc3ccccc3c2)N2CCOCC2)c1. The van der Waals surface area contributed by atoms with Crippen LogP contribution in [0, 0.1) is 0 Å². The van der Waals surface area contributed by atoms with Crippen molar-refractivity contribution in [3.63, 3.8) is 0 Å². The van der Waals surface area contributed by atoms with Crippen LogP contribution in [0.4, 0.5) is 0 Å². The molecule has 29 heavy (non-hydrogen) atoms. The van der Waals surface area contributed by atoms with Crippen molar-refractivity contribution in [2.24, 2.45) is 0 Å². The molecule has 1 heterocycles. The summed E-state index contributed by atoms with van der Waals surface area (Å²) in [6, 6.07) is 22.0. The van der Waals surface area contributed by atoms with Crippen LogP contribution in [0.5, 0.6) is 5.75 Å². The Morgan fingerprint density at radius 2 is 1.83 bits per heavy atom. The van der Waals surface area contributed by atoms with Gasteiger partial charge in [-0.1, -0.05) is 42.5 Å². The number of ether oxygens (including phenoxy) is 2. The van der Waals surface area contributed by atoms with E-state index >= 15 is 0 Å². The molecule has 1 atom stereocenters. The fourth-order valence-corrected chi connectivity index (χ4v) is 3.82. The molecular formula is C24H26N2O3. The third kappa shape index (κ3) is 4.58. The van der Waals surface area contributed by atoms with Gasteiger partial charge in [-0.3, -0.25) is 9.69 Å². The second kappa shape index (κ2) is 9.07. The number of methoxy groups -OCH3 is 1. The van der Waals surface area contributed by atoms with Crippen LogP contribution in [0.15, 0.2) is 66.7 Å². The summed E-state index contributed by atoms with van der Waals surface area (Å²) in [6.07, 6.45) is 0. The molecule has 3 aromatic carbocycles. The Kier molecular flexibility index (Phi) is 6.08. The number of nitrogens with zero attached hydrogens (tertiary/aromatic N) is 1. The molecule has 0 bridgehead atoms. The van der Waals surface area contributed by atoms with Crippen LogP contribution in [0.25, 0.3) is 10.8 Å². The van der Waals surface area contributed by atoms with Crippen LogP contribution in [0.1, 0.15) is 22.0 Å². The average molecular weight is 390 g/mol. The summed E-state index contributed by atoms with van der Waals surface area (Å²) in [5.41, 5.74) is 1.81. The largest absolute Gasteiger partial charge is 0.497 e. The van der Waals surface area contributed by atoms with Gasteiger partial charge in [0.15, 0.2) is 0 Å². The van der Waals surface area contributed by atoms with E-state index in [0.717, 1.165) is 35.2 Å². The maximum absolute atomic E-state index is 12.9. The van der Waals surface area contributed by atoms with Gasteiger partial charge in [-0.2, -0.15) is 0 Å². The van der Waals surface area contributed by atoms with Crippen molar-refractivity contribution in [3.8, 4) is 5.75 Å². The van der Waals surface area contributed by atoms with Gasteiger partial charge in [0.1, 0.15) is 5.75 Å². The van der Waals surface area contributed by atoms with Crippen LogP contribution in [-0.2, 0) is 4.74 Å². The van der Waals surface area contributed by atoms with Crippen LogP contribution < -0.4 is 10.1 Å². The predicted octanol–water partition coefficient (Wildman–Crippen LogP) is 3.65. The Morgan fingerprint density at radius 1 is 1.03 bits per heavy atom. The van der Waals surface area contributed by atoms with Gasteiger partial charge >= 0.3 is 0 Å². The summed E-state index contributed by atoms with van der Waals surface area (Å²) < 4.78 is 10.9. The number of benzene rings is 3. The lowest BCUT2D eigenvalue weighted by Gasteiger charge is -2.35. The Bertz CT molecular complexity index is 983. The maximum atomic E-state index is 12.9. The van der Waals surface area contributed by atoms with Gasteiger partial charge in [-0.25, -0.2) is 0 Å². The van der Waals surface area contributed by atoms with Crippen LogP contribution in [0.2, 0.25) is 0 Å². The Morgan fingerprint density at radius 3 is 2.62 bits per heavy atom. The minimum absolute atomic E-state index is 0.0584. The van der Waals surface area contributed by atoms with E-state index in [9.17, 15) is 4.79 Å². The Hall–Kier alpha value is -2.89. The van der Waals surface area contributed by atoms with Gasteiger partial charge in [0.2, 0.25) is 0 Å². The lowest BCUT2D eigenvalue weighted by Crippen LogP contribution is -2.43. The minimum atomic E-state index is -0.0584. The molecule has 3 aromatic rings. The van der Waals surface area contributed by atoms with Gasteiger partial charge < -0.3 is 14.8 Å². The molecule has 0 aliphatic carbocycles. The monoisotopic (exact) mass is 390 g/mol. The lowest BCUT2D eigenvalue weighted by molar-refractivity contribution is 0.0162. The summed E-state index contributed by atoms with van der Waals surface area (Å²) in [4.78, 5) is 15.2. The molecule has 150 valence electrons. The number of rotatable bonds is 6. The zero-order valence-corrected chi connectivity index (χ0v) is 16.6.